The lowest BCUT2D eigenvalue weighted by molar-refractivity contribution is -0.122. The highest BCUT2D eigenvalue weighted by molar-refractivity contribution is 9.10. The quantitative estimate of drug-likeness (QED) is 0.821. The molecule has 0 aromatic heterocycles. The molecular weight excluding hydrogens is 360 g/mol. The van der Waals surface area contributed by atoms with Crippen LogP contribution in [0.3, 0.4) is 0 Å². The maximum atomic E-state index is 12.2. The second kappa shape index (κ2) is 7.53. The van der Waals surface area contributed by atoms with E-state index in [1.54, 1.807) is 0 Å². The molecule has 2 heterocycles. The number of amides is 1. The molecule has 3 rings (SSSR count). The van der Waals surface area contributed by atoms with Crippen LogP contribution in [0.15, 0.2) is 16.6 Å². The molecule has 0 saturated carbocycles. The van der Waals surface area contributed by atoms with E-state index in [1.807, 2.05) is 19.1 Å². The molecular formula is C17H23BrN2O3. The average Bonchev–Trinajstić information content (AvgIpc) is 3.05. The first kappa shape index (κ1) is 16.6. The van der Waals surface area contributed by atoms with Crippen LogP contribution in [0.1, 0.15) is 37.8 Å². The Bertz CT molecular complexity index is 573. The zero-order valence-electron chi connectivity index (χ0n) is 13.4. The van der Waals surface area contributed by atoms with Crippen LogP contribution in [0, 0.1) is 5.92 Å². The van der Waals surface area contributed by atoms with Gasteiger partial charge in [0.25, 0.3) is 0 Å². The minimum Gasteiger partial charge on any atom is -0.486 e. The summed E-state index contributed by atoms with van der Waals surface area (Å²) in [6, 6.07) is 3.79. The summed E-state index contributed by atoms with van der Waals surface area (Å²) in [6.07, 6.45) is 2.71. The van der Waals surface area contributed by atoms with Crippen LogP contribution >= 0.6 is 15.9 Å². The number of benzene rings is 1. The monoisotopic (exact) mass is 382 g/mol. The van der Waals surface area contributed by atoms with Gasteiger partial charge in [0.1, 0.15) is 13.2 Å². The van der Waals surface area contributed by atoms with Crippen molar-refractivity contribution in [2.45, 2.75) is 32.2 Å². The van der Waals surface area contributed by atoms with Gasteiger partial charge in [-0.2, -0.15) is 0 Å². The third-order valence-electron chi connectivity index (χ3n) is 4.45. The molecule has 5 nitrogen and oxygen atoms in total. The summed E-state index contributed by atoms with van der Waals surface area (Å²) in [4.78, 5) is 12.2. The molecule has 1 aromatic rings. The number of hydrogen-bond acceptors (Lipinski definition) is 4. The van der Waals surface area contributed by atoms with Gasteiger partial charge >= 0.3 is 0 Å². The molecule has 1 amide bonds. The lowest BCUT2D eigenvalue weighted by Crippen LogP contribution is -2.27. The Morgan fingerprint density at radius 1 is 1.39 bits per heavy atom. The van der Waals surface area contributed by atoms with E-state index in [0.717, 1.165) is 41.0 Å². The van der Waals surface area contributed by atoms with Crippen LogP contribution in [-0.2, 0) is 4.79 Å². The topological polar surface area (TPSA) is 59.6 Å². The highest BCUT2D eigenvalue weighted by Gasteiger charge is 2.20. The predicted molar refractivity (Wildman–Crippen MR) is 91.9 cm³/mol. The van der Waals surface area contributed by atoms with Crippen LogP contribution in [0.2, 0.25) is 0 Å². The summed E-state index contributed by atoms with van der Waals surface area (Å²) < 4.78 is 12.1. The van der Waals surface area contributed by atoms with Crippen molar-refractivity contribution < 1.29 is 14.3 Å². The Morgan fingerprint density at radius 3 is 2.83 bits per heavy atom. The Hall–Kier alpha value is -1.27. The number of halogens is 1. The number of carbonyl (C=O) groups excluding carboxylic acids is 1. The largest absolute Gasteiger partial charge is 0.486 e. The van der Waals surface area contributed by atoms with E-state index in [1.165, 1.54) is 6.42 Å². The third-order valence-corrected chi connectivity index (χ3v) is 5.13. The molecule has 23 heavy (non-hydrogen) atoms. The van der Waals surface area contributed by atoms with Gasteiger partial charge in [0.15, 0.2) is 11.5 Å². The Labute approximate surface area is 145 Å². The molecule has 126 valence electrons. The SMILES string of the molecule is CC(NC(=O)CCC1CCNC1)c1cc2c(cc1Br)OCCO2. The van der Waals surface area contributed by atoms with Gasteiger partial charge in [-0.25, -0.2) is 0 Å². The van der Waals surface area contributed by atoms with Gasteiger partial charge in [-0.3, -0.25) is 4.79 Å². The normalized spacial score (nSPS) is 21.0. The third kappa shape index (κ3) is 4.18. The number of carbonyl (C=O) groups is 1. The van der Waals surface area contributed by atoms with Crippen LogP contribution in [0.25, 0.3) is 0 Å². The molecule has 2 aliphatic heterocycles. The van der Waals surface area contributed by atoms with E-state index in [4.69, 9.17) is 9.47 Å². The molecule has 1 saturated heterocycles. The molecule has 2 unspecified atom stereocenters. The number of rotatable bonds is 5. The molecule has 0 aliphatic carbocycles. The van der Waals surface area contributed by atoms with E-state index in [2.05, 4.69) is 26.6 Å². The van der Waals surface area contributed by atoms with Crippen molar-refractivity contribution >= 4 is 21.8 Å². The lowest BCUT2D eigenvalue weighted by atomic mass is 10.0. The number of hydrogen-bond donors (Lipinski definition) is 2. The molecule has 2 N–H and O–H groups in total. The van der Waals surface area contributed by atoms with Crippen LogP contribution in [0.4, 0.5) is 0 Å². The minimum absolute atomic E-state index is 0.0746. The average molecular weight is 383 g/mol. The molecule has 6 heteroatoms. The Balaban J connectivity index is 1.58. The van der Waals surface area contributed by atoms with Gasteiger partial charge in [-0.1, -0.05) is 15.9 Å². The second-order valence-corrected chi connectivity index (χ2v) is 7.06. The Kier molecular flexibility index (Phi) is 5.43. The summed E-state index contributed by atoms with van der Waals surface area (Å²) in [6.45, 7) is 5.24. The van der Waals surface area contributed by atoms with Crippen LogP contribution < -0.4 is 20.1 Å². The fourth-order valence-corrected chi connectivity index (χ4v) is 3.76. The van der Waals surface area contributed by atoms with Crippen molar-refractivity contribution in [3.05, 3.63) is 22.2 Å². The minimum atomic E-state index is -0.0746. The van der Waals surface area contributed by atoms with Crippen molar-refractivity contribution in [1.29, 1.82) is 0 Å². The molecule has 2 atom stereocenters. The van der Waals surface area contributed by atoms with Gasteiger partial charge in [0.2, 0.25) is 5.91 Å². The van der Waals surface area contributed by atoms with Crippen molar-refractivity contribution in [1.82, 2.24) is 10.6 Å². The maximum absolute atomic E-state index is 12.2. The van der Waals surface area contributed by atoms with Gasteiger partial charge < -0.3 is 20.1 Å². The van der Waals surface area contributed by atoms with Gasteiger partial charge in [0, 0.05) is 10.9 Å². The molecule has 2 aliphatic rings. The predicted octanol–water partition coefficient (Wildman–Crippen LogP) is 2.79. The molecule has 0 bridgehead atoms. The van der Waals surface area contributed by atoms with E-state index in [0.29, 0.717) is 25.6 Å². The molecule has 1 fully saturated rings. The maximum Gasteiger partial charge on any atom is 0.220 e. The number of nitrogens with one attached hydrogen (secondary N) is 2. The standard InChI is InChI=1S/C17H23BrN2O3/c1-11(20-17(21)3-2-12-4-5-19-10-12)13-8-15-16(9-14(13)18)23-7-6-22-15/h8-9,11-12,19H,2-7,10H2,1H3,(H,20,21). The zero-order chi connectivity index (χ0) is 16.2. The lowest BCUT2D eigenvalue weighted by Gasteiger charge is -2.22. The Morgan fingerprint density at radius 2 is 2.13 bits per heavy atom. The summed E-state index contributed by atoms with van der Waals surface area (Å²) >= 11 is 3.56. The van der Waals surface area contributed by atoms with Crippen molar-refractivity contribution in [3.63, 3.8) is 0 Å². The van der Waals surface area contributed by atoms with Gasteiger partial charge in [0.05, 0.1) is 6.04 Å². The van der Waals surface area contributed by atoms with Crippen molar-refractivity contribution in [2.75, 3.05) is 26.3 Å². The fourth-order valence-electron chi connectivity index (χ4n) is 3.10. The van der Waals surface area contributed by atoms with Gasteiger partial charge in [-0.05, 0) is 56.5 Å². The summed E-state index contributed by atoms with van der Waals surface area (Å²) in [5.41, 5.74) is 1.00. The molecule has 0 radical (unpaired) electrons. The van der Waals surface area contributed by atoms with Crippen LogP contribution in [0.5, 0.6) is 11.5 Å². The number of ether oxygens (including phenoxy) is 2. The van der Waals surface area contributed by atoms with E-state index in [9.17, 15) is 4.79 Å². The second-order valence-electron chi connectivity index (χ2n) is 6.20. The fraction of sp³-hybridized carbons (Fsp3) is 0.588. The summed E-state index contributed by atoms with van der Waals surface area (Å²) in [5, 5.41) is 6.42. The van der Waals surface area contributed by atoms with Crippen LogP contribution in [-0.4, -0.2) is 32.2 Å². The smallest absolute Gasteiger partial charge is 0.220 e. The first-order valence-corrected chi connectivity index (χ1v) is 9.02. The number of fused-ring (bicyclic) bond motifs is 1. The van der Waals surface area contributed by atoms with Gasteiger partial charge in [-0.15, -0.1) is 0 Å². The highest BCUT2D eigenvalue weighted by atomic mass is 79.9. The summed E-state index contributed by atoms with van der Waals surface area (Å²) in [5.74, 6) is 2.23. The van der Waals surface area contributed by atoms with E-state index < -0.39 is 0 Å². The van der Waals surface area contributed by atoms with E-state index in [-0.39, 0.29) is 11.9 Å². The summed E-state index contributed by atoms with van der Waals surface area (Å²) in [7, 11) is 0. The van der Waals surface area contributed by atoms with E-state index >= 15 is 0 Å². The molecule has 1 aromatic carbocycles. The highest BCUT2D eigenvalue weighted by Crippen LogP contribution is 2.37. The molecule has 0 spiro atoms. The van der Waals surface area contributed by atoms with Crippen molar-refractivity contribution in [2.24, 2.45) is 5.92 Å². The zero-order valence-corrected chi connectivity index (χ0v) is 14.9. The first-order chi connectivity index (χ1) is 11.1. The van der Waals surface area contributed by atoms with Crippen molar-refractivity contribution in [3.8, 4) is 11.5 Å². The first-order valence-electron chi connectivity index (χ1n) is 8.22.